The topological polar surface area (TPSA) is 101 Å². The Morgan fingerprint density at radius 2 is 1.93 bits per heavy atom. The van der Waals surface area contributed by atoms with E-state index in [1.54, 1.807) is 6.92 Å². The van der Waals surface area contributed by atoms with Gasteiger partial charge in [-0.25, -0.2) is 5.06 Å². The quantitative estimate of drug-likeness (QED) is 0.325. The summed E-state index contributed by atoms with van der Waals surface area (Å²) in [4.78, 5) is 29.5. The molecule has 0 fully saturated rings. The van der Waals surface area contributed by atoms with E-state index in [2.05, 4.69) is 0 Å². The zero-order valence-electron chi connectivity index (χ0n) is 8.12. The first-order chi connectivity index (χ1) is 6.26. The van der Waals surface area contributed by atoms with Gasteiger partial charge < -0.3 is 9.79 Å². The number of hydrogen-bond acceptors (Lipinski definition) is 4. The highest BCUT2D eigenvalue weighted by Gasteiger charge is 2.20. The van der Waals surface area contributed by atoms with Crippen molar-refractivity contribution in [3.8, 4) is 0 Å². The normalized spacial score (nSPS) is 11.9. The maximum atomic E-state index is 11.0. The Balaban J connectivity index is 4.17. The minimum absolute atomic E-state index is 0.214. The summed E-state index contributed by atoms with van der Waals surface area (Å²) < 4.78 is 10.6. The molecular formula is C6H15N2O5P. The van der Waals surface area contributed by atoms with Gasteiger partial charge in [0, 0.05) is 7.05 Å². The van der Waals surface area contributed by atoms with Crippen molar-refractivity contribution in [3.63, 3.8) is 0 Å². The van der Waals surface area contributed by atoms with Gasteiger partial charge in [-0.15, -0.1) is 0 Å². The highest BCUT2D eigenvalue weighted by Crippen LogP contribution is 2.34. The molecular weight excluding hydrogens is 211 g/mol. The summed E-state index contributed by atoms with van der Waals surface area (Å²) in [6, 6.07) is 0. The number of nitrogens with zero attached hydrogens (tertiary/aromatic N) is 2. The van der Waals surface area contributed by atoms with Crippen LogP contribution in [0.1, 0.15) is 6.92 Å². The highest BCUT2D eigenvalue weighted by atomic mass is 31.2. The molecule has 0 aliphatic carbocycles. The van der Waals surface area contributed by atoms with Crippen molar-refractivity contribution in [1.82, 2.24) is 9.96 Å². The minimum atomic E-state index is -4.15. The first-order valence-electron chi connectivity index (χ1n) is 3.98. The van der Waals surface area contributed by atoms with Gasteiger partial charge in [0.05, 0.1) is 6.54 Å². The average molecular weight is 226 g/mol. The number of amides is 1. The molecule has 84 valence electrons. The van der Waals surface area contributed by atoms with Crippen LogP contribution in [0, 0.1) is 0 Å². The van der Waals surface area contributed by atoms with E-state index in [0.717, 1.165) is 7.05 Å². The van der Waals surface area contributed by atoms with Crippen molar-refractivity contribution < 1.29 is 24.4 Å². The Labute approximate surface area is 82.0 Å². The Morgan fingerprint density at radius 3 is 2.21 bits per heavy atom. The van der Waals surface area contributed by atoms with E-state index in [4.69, 9.17) is 15.0 Å². The van der Waals surface area contributed by atoms with Crippen LogP contribution in [0.2, 0.25) is 0 Å². The summed E-state index contributed by atoms with van der Waals surface area (Å²) in [7, 11) is -2.99. The zero-order valence-corrected chi connectivity index (χ0v) is 9.02. The van der Waals surface area contributed by atoms with E-state index in [0.29, 0.717) is 11.6 Å². The van der Waals surface area contributed by atoms with Crippen molar-refractivity contribution in [2.75, 3.05) is 26.4 Å². The first kappa shape index (κ1) is 13.5. The number of likely N-dealkylation sites (N-methyl/N-ethyl adjacent to an activating group) is 2. The van der Waals surface area contributed by atoms with Crippen molar-refractivity contribution >= 4 is 13.5 Å². The van der Waals surface area contributed by atoms with Crippen molar-refractivity contribution in [2.24, 2.45) is 0 Å². The molecule has 14 heavy (non-hydrogen) atoms. The van der Waals surface area contributed by atoms with Crippen LogP contribution in [-0.2, 0) is 9.36 Å². The molecule has 0 aliphatic rings. The second-order valence-corrected chi connectivity index (χ2v) is 4.48. The maximum Gasteiger partial charge on any atom is 0.339 e. The van der Waals surface area contributed by atoms with Crippen LogP contribution in [0.4, 0.5) is 0 Å². The maximum absolute atomic E-state index is 11.0. The summed E-state index contributed by atoms with van der Waals surface area (Å²) in [6.07, 6.45) is -0.483. The molecule has 3 N–H and O–H groups in total. The van der Waals surface area contributed by atoms with E-state index in [1.807, 2.05) is 0 Å². The van der Waals surface area contributed by atoms with Gasteiger partial charge >= 0.3 is 7.60 Å². The molecule has 0 heterocycles. The predicted octanol–water partition coefficient (Wildman–Crippen LogP) is -0.709. The molecule has 0 rings (SSSR count). The van der Waals surface area contributed by atoms with Crippen LogP contribution in [0.25, 0.3) is 0 Å². The number of carbonyl (C=O) groups excluding carboxylic acids is 1. The van der Waals surface area contributed by atoms with Crippen molar-refractivity contribution in [2.45, 2.75) is 6.92 Å². The van der Waals surface area contributed by atoms with E-state index in [9.17, 15) is 9.36 Å². The molecule has 0 radical (unpaired) electrons. The van der Waals surface area contributed by atoms with Crippen LogP contribution in [-0.4, -0.2) is 57.3 Å². The lowest BCUT2D eigenvalue weighted by atomic mass is 10.5. The monoisotopic (exact) mass is 226 g/mol. The van der Waals surface area contributed by atoms with E-state index >= 15 is 0 Å². The van der Waals surface area contributed by atoms with Gasteiger partial charge in [0.2, 0.25) is 0 Å². The average Bonchev–Trinajstić information content (AvgIpc) is 2.00. The molecule has 0 bridgehead atoms. The fourth-order valence-corrected chi connectivity index (χ4v) is 1.64. The third-order valence-corrected chi connectivity index (χ3v) is 2.32. The smallest absolute Gasteiger partial charge is 0.324 e. The second-order valence-electron chi connectivity index (χ2n) is 2.87. The number of carbonyl (C=O) groups is 1. The molecule has 0 aromatic carbocycles. The van der Waals surface area contributed by atoms with Crippen LogP contribution in [0.5, 0.6) is 0 Å². The Bertz CT molecular complexity index is 238. The van der Waals surface area contributed by atoms with E-state index < -0.39 is 19.8 Å². The SMILES string of the molecule is CCN(CC(=O)N(C)O)CP(=O)(O)O. The van der Waals surface area contributed by atoms with Gasteiger partial charge in [-0.2, -0.15) is 0 Å². The van der Waals surface area contributed by atoms with Gasteiger partial charge in [0.1, 0.15) is 6.29 Å². The molecule has 0 saturated carbocycles. The molecule has 7 nitrogen and oxygen atoms in total. The molecule has 0 aromatic rings. The molecule has 0 saturated heterocycles. The third-order valence-electron chi connectivity index (χ3n) is 1.55. The summed E-state index contributed by atoms with van der Waals surface area (Å²) in [5.41, 5.74) is 0. The zero-order chi connectivity index (χ0) is 11.4. The molecule has 0 aliphatic heterocycles. The van der Waals surface area contributed by atoms with Crippen LogP contribution in [0.15, 0.2) is 0 Å². The lowest BCUT2D eigenvalue weighted by Gasteiger charge is -2.21. The molecule has 0 spiro atoms. The Hall–Kier alpha value is -0.460. The fourth-order valence-electron chi connectivity index (χ4n) is 0.816. The van der Waals surface area contributed by atoms with Crippen LogP contribution >= 0.6 is 7.60 Å². The largest absolute Gasteiger partial charge is 0.339 e. The fraction of sp³-hybridized carbons (Fsp3) is 0.833. The van der Waals surface area contributed by atoms with Gasteiger partial charge in [-0.3, -0.25) is 19.5 Å². The first-order valence-corrected chi connectivity index (χ1v) is 5.78. The van der Waals surface area contributed by atoms with Crippen molar-refractivity contribution in [1.29, 1.82) is 0 Å². The lowest BCUT2D eigenvalue weighted by Crippen LogP contribution is -2.37. The summed E-state index contributed by atoms with van der Waals surface area (Å²) in [6.45, 7) is 1.78. The molecule has 0 unspecified atom stereocenters. The highest BCUT2D eigenvalue weighted by molar-refractivity contribution is 7.51. The van der Waals surface area contributed by atoms with Crippen LogP contribution < -0.4 is 0 Å². The number of hydroxylamine groups is 2. The van der Waals surface area contributed by atoms with Crippen LogP contribution in [0.3, 0.4) is 0 Å². The molecule has 0 aromatic heterocycles. The van der Waals surface area contributed by atoms with Gasteiger partial charge in [-0.05, 0) is 6.54 Å². The Morgan fingerprint density at radius 1 is 1.43 bits per heavy atom. The standard InChI is InChI=1S/C6H15N2O5P/c1-3-8(5-14(11,12)13)4-6(9)7(2)10/h10H,3-5H2,1-2H3,(H2,11,12,13). The number of rotatable bonds is 5. The van der Waals surface area contributed by atoms with Gasteiger partial charge in [0.15, 0.2) is 0 Å². The minimum Gasteiger partial charge on any atom is -0.324 e. The third kappa shape index (κ3) is 6.06. The predicted molar refractivity (Wildman–Crippen MR) is 48.7 cm³/mol. The summed E-state index contributed by atoms with van der Waals surface area (Å²) in [5, 5.41) is 9.12. The Kier molecular flexibility index (Phi) is 5.25. The number of hydrogen-bond donors (Lipinski definition) is 3. The summed E-state index contributed by atoms with van der Waals surface area (Å²) >= 11 is 0. The molecule has 8 heteroatoms. The van der Waals surface area contributed by atoms with Gasteiger partial charge in [0.25, 0.3) is 5.91 Å². The van der Waals surface area contributed by atoms with E-state index in [-0.39, 0.29) is 6.54 Å². The van der Waals surface area contributed by atoms with Gasteiger partial charge in [-0.1, -0.05) is 6.92 Å². The molecule has 1 amide bonds. The molecule has 0 atom stereocenters. The van der Waals surface area contributed by atoms with E-state index in [1.165, 1.54) is 4.90 Å². The lowest BCUT2D eigenvalue weighted by molar-refractivity contribution is -0.160. The second kappa shape index (κ2) is 5.43. The summed E-state index contributed by atoms with van der Waals surface area (Å²) in [5.74, 6) is -0.611. The van der Waals surface area contributed by atoms with Crippen molar-refractivity contribution in [3.05, 3.63) is 0 Å².